The average molecular weight is 372 g/mol. The number of aromatic amines is 1. The van der Waals surface area contributed by atoms with Crippen LogP contribution < -0.4 is 4.72 Å². The Hall–Kier alpha value is -1.18. The van der Waals surface area contributed by atoms with Gasteiger partial charge in [0.05, 0.1) is 16.9 Å². The molecule has 21 heavy (non-hydrogen) atoms. The van der Waals surface area contributed by atoms with Gasteiger partial charge in [-0.2, -0.15) is 5.10 Å². The quantitative estimate of drug-likeness (QED) is 0.867. The van der Waals surface area contributed by atoms with E-state index in [1.807, 2.05) is 38.1 Å². The number of aromatic nitrogens is 2. The molecule has 0 amide bonds. The Morgan fingerprint density at radius 3 is 2.24 bits per heavy atom. The molecule has 1 aromatic heterocycles. The van der Waals surface area contributed by atoms with Crippen LogP contribution in [0.5, 0.6) is 0 Å². The lowest BCUT2D eigenvalue weighted by Crippen LogP contribution is -2.41. The monoisotopic (exact) mass is 371 g/mol. The van der Waals surface area contributed by atoms with Gasteiger partial charge in [-0.1, -0.05) is 28.1 Å². The maximum absolute atomic E-state index is 12.6. The summed E-state index contributed by atoms with van der Waals surface area (Å²) in [7, 11) is -3.65. The summed E-state index contributed by atoms with van der Waals surface area (Å²) in [4.78, 5) is 0.215. The van der Waals surface area contributed by atoms with Gasteiger partial charge in [0.15, 0.2) is 0 Å². The molecule has 0 unspecified atom stereocenters. The number of aryl methyl sites for hydroxylation is 2. The van der Waals surface area contributed by atoms with E-state index in [2.05, 4.69) is 30.8 Å². The van der Waals surface area contributed by atoms with Gasteiger partial charge in [0.2, 0.25) is 10.0 Å². The molecule has 1 heterocycles. The topological polar surface area (TPSA) is 74.8 Å². The molecule has 0 aliphatic heterocycles. The van der Waals surface area contributed by atoms with Gasteiger partial charge < -0.3 is 0 Å². The Bertz CT molecular complexity index is 730. The van der Waals surface area contributed by atoms with Gasteiger partial charge in [-0.3, -0.25) is 5.10 Å². The van der Waals surface area contributed by atoms with Gasteiger partial charge >= 0.3 is 0 Å². The van der Waals surface area contributed by atoms with Crippen LogP contribution in [0, 0.1) is 13.8 Å². The van der Waals surface area contributed by atoms with Crippen LogP contribution in [0.25, 0.3) is 0 Å². The van der Waals surface area contributed by atoms with E-state index in [1.165, 1.54) is 0 Å². The third kappa shape index (κ3) is 3.36. The fourth-order valence-corrected chi connectivity index (χ4v) is 4.29. The first-order valence-corrected chi connectivity index (χ1v) is 8.73. The third-order valence-corrected chi connectivity index (χ3v) is 5.73. The number of H-pyrrole nitrogens is 1. The zero-order valence-corrected chi connectivity index (χ0v) is 14.8. The Morgan fingerprint density at radius 2 is 1.76 bits per heavy atom. The maximum atomic E-state index is 12.6. The van der Waals surface area contributed by atoms with Crippen molar-refractivity contribution in [2.24, 2.45) is 0 Å². The molecule has 114 valence electrons. The van der Waals surface area contributed by atoms with E-state index in [9.17, 15) is 8.42 Å². The Kier molecular flexibility index (Phi) is 4.28. The minimum absolute atomic E-state index is 0.215. The van der Waals surface area contributed by atoms with E-state index in [0.29, 0.717) is 11.4 Å². The molecule has 2 rings (SSSR count). The van der Waals surface area contributed by atoms with Crippen molar-refractivity contribution in [2.75, 3.05) is 0 Å². The first-order chi connectivity index (χ1) is 9.63. The van der Waals surface area contributed by atoms with Crippen molar-refractivity contribution in [2.45, 2.75) is 38.1 Å². The standard InChI is InChI=1S/C14H18BrN3O2S/c1-9-13(10(2)17-16-9)21(19,20)18-14(3,4)11-5-7-12(15)8-6-11/h5-8,18H,1-4H3,(H,16,17). The second-order valence-corrected chi connectivity index (χ2v) is 8.04. The Labute approximate surface area is 133 Å². The van der Waals surface area contributed by atoms with Crippen LogP contribution in [0.3, 0.4) is 0 Å². The molecule has 0 saturated heterocycles. The SMILES string of the molecule is Cc1n[nH]c(C)c1S(=O)(=O)NC(C)(C)c1ccc(Br)cc1. The number of rotatable bonds is 4. The minimum atomic E-state index is -3.65. The van der Waals surface area contributed by atoms with Gasteiger partial charge in [0.1, 0.15) is 4.90 Å². The summed E-state index contributed by atoms with van der Waals surface area (Å²) in [5, 5.41) is 6.65. The van der Waals surface area contributed by atoms with Crippen molar-refractivity contribution >= 4 is 26.0 Å². The highest BCUT2D eigenvalue weighted by Gasteiger charge is 2.31. The average Bonchev–Trinajstić information content (AvgIpc) is 2.68. The molecule has 0 fully saturated rings. The minimum Gasteiger partial charge on any atom is -0.281 e. The van der Waals surface area contributed by atoms with Gasteiger partial charge in [-0.15, -0.1) is 0 Å². The van der Waals surface area contributed by atoms with Crippen LogP contribution in [-0.4, -0.2) is 18.6 Å². The molecule has 2 N–H and O–H groups in total. The molecular weight excluding hydrogens is 354 g/mol. The number of hydrogen-bond donors (Lipinski definition) is 2. The lowest BCUT2D eigenvalue weighted by atomic mass is 9.96. The normalized spacial score (nSPS) is 12.6. The highest BCUT2D eigenvalue weighted by Crippen LogP contribution is 2.26. The van der Waals surface area contributed by atoms with Crippen LogP contribution in [-0.2, 0) is 15.6 Å². The number of nitrogens with one attached hydrogen (secondary N) is 2. The lowest BCUT2D eigenvalue weighted by molar-refractivity contribution is 0.471. The first kappa shape index (κ1) is 16.2. The molecule has 1 aromatic carbocycles. The number of sulfonamides is 1. The van der Waals surface area contributed by atoms with Gasteiger partial charge in [0, 0.05) is 4.47 Å². The molecule has 2 aromatic rings. The van der Waals surface area contributed by atoms with E-state index >= 15 is 0 Å². The van der Waals surface area contributed by atoms with E-state index in [-0.39, 0.29) is 4.90 Å². The second-order valence-electron chi connectivity index (χ2n) is 5.50. The van der Waals surface area contributed by atoms with E-state index in [4.69, 9.17) is 0 Å². The molecular formula is C14H18BrN3O2S. The summed E-state index contributed by atoms with van der Waals surface area (Å²) in [5.74, 6) is 0. The Morgan fingerprint density at radius 1 is 1.19 bits per heavy atom. The largest absolute Gasteiger partial charge is 0.281 e. The van der Waals surface area contributed by atoms with Crippen molar-refractivity contribution in [1.29, 1.82) is 0 Å². The Balaban J connectivity index is 2.37. The lowest BCUT2D eigenvalue weighted by Gasteiger charge is -2.26. The van der Waals surface area contributed by atoms with Crippen molar-refractivity contribution in [3.05, 3.63) is 45.7 Å². The van der Waals surface area contributed by atoms with Crippen molar-refractivity contribution in [3.63, 3.8) is 0 Å². The summed E-state index contributed by atoms with van der Waals surface area (Å²) in [6.07, 6.45) is 0. The summed E-state index contributed by atoms with van der Waals surface area (Å²) in [5.41, 5.74) is 1.15. The molecule has 0 spiro atoms. The zero-order chi connectivity index (χ0) is 15.8. The van der Waals surface area contributed by atoms with Crippen LogP contribution in [0.15, 0.2) is 33.6 Å². The third-order valence-electron chi connectivity index (χ3n) is 3.28. The molecule has 0 radical (unpaired) electrons. The predicted octanol–water partition coefficient (Wildman–Crippen LogP) is 3.00. The van der Waals surface area contributed by atoms with E-state index < -0.39 is 15.6 Å². The van der Waals surface area contributed by atoms with Crippen LogP contribution in [0.4, 0.5) is 0 Å². The molecule has 0 aliphatic carbocycles. The fourth-order valence-electron chi connectivity index (χ4n) is 2.25. The molecule has 0 atom stereocenters. The highest BCUT2D eigenvalue weighted by atomic mass is 79.9. The van der Waals surface area contributed by atoms with Crippen molar-refractivity contribution in [1.82, 2.24) is 14.9 Å². The predicted molar refractivity (Wildman–Crippen MR) is 85.6 cm³/mol. The van der Waals surface area contributed by atoms with Crippen LogP contribution >= 0.6 is 15.9 Å². The van der Waals surface area contributed by atoms with Gasteiger partial charge in [-0.05, 0) is 45.4 Å². The van der Waals surface area contributed by atoms with Crippen molar-refractivity contribution in [3.8, 4) is 0 Å². The molecule has 0 bridgehead atoms. The zero-order valence-electron chi connectivity index (χ0n) is 12.4. The van der Waals surface area contributed by atoms with E-state index in [0.717, 1.165) is 10.0 Å². The van der Waals surface area contributed by atoms with Crippen LogP contribution in [0.2, 0.25) is 0 Å². The molecule has 5 nitrogen and oxygen atoms in total. The van der Waals surface area contributed by atoms with Crippen molar-refractivity contribution < 1.29 is 8.42 Å². The number of hydrogen-bond acceptors (Lipinski definition) is 3. The van der Waals surface area contributed by atoms with E-state index in [1.54, 1.807) is 13.8 Å². The second kappa shape index (κ2) is 5.55. The molecule has 7 heteroatoms. The fraction of sp³-hybridized carbons (Fsp3) is 0.357. The number of nitrogens with zero attached hydrogens (tertiary/aromatic N) is 1. The molecule has 0 aliphatic rings. The summed E-state index contributed by atoms with van der Waals surface area (Å²) in [6.45, 7) is 7.03. The van der Waals surface area contributed by atoms with Crippen LogP contribution in [0.1, 0.15) is 30.8 Å². The highest BCUT2D eigenvalue weighted by molar-refractivity contribution is 9.10. The number of benzene rings is 1. The summed E-state index contributed by atoms with van der Waals surface area (Å²) in [6, 6.07) is 7.56. The molecule has 0 saturated carbocycles. The summed E-state index contributed by atoms with van der Waals surface area (Å²) >= 11 is 3.37. The number of halogens is 1. The summed E-state index contributed by atoms with van der Waals surface area (Å²) < 4.78 is 28.9. The van der Waals surface area contributed by atoms with Gasteiger partial charge in [0.25, 0.3) is 0 Å². The smallest absolute Gasteiger partial charge is 0.245 e. The van der Waals surface area contributed by atoms with Gasteiger partial charge in [-0.25, -0.2) is 13.1 Å². The first-order valence-electron chi connectivity index (χ1n) is 6.45. The maximum Gasteiger partial charge on any atom is 0.245 e.